The van der Waals surface area contributed by atoms with Gasteiger partial charge in [0.2, 0.25) is 0 Å². The van der Waals surface area contributed by atoms with Crippen LogP contribution in [-0.4, -0.2) is 25.7 Å². The first kappa shape index (κ1) is 25.7. The lowest BCUT2D eigenvalue weighted by Gasteiger charge is -2.13. The average Bonchev–Trinajstić information content (AvgIpc) is 3.21. The maximum absolute atomic E-state index is 13.2. The maximum Gasteiger partial charge on any atom is 0.416 e. The van der Waals surface area contributed by atoms with Crippen molar-refractivity contribution in [1.82, 2.24) is 25.1 Å². The number of carbonyl (C=O) groups excluding carboxylic acids is 1. The molecule has 182 valence electrons. The number of nitrogens with zero attached hydrogens (tertiary/aromatic N) is 4. The second-order valence-corrected chi connectivity index (χ2v) is 7.51. The lowest BCUT2D eigenvalue weighted by molar-refractivity contribution is -0.138. The van der Waals surface area contributed by atoms with Crippen molar-refractivity contribution in [3.63, 3.8) is 0 Å². The summed E-state index contributed by atoms with van der Waals surface area (Å²) in [6, 6.07) is 15.6. The lowest BCUT2D eigenvalue weighted by atomic mass is 10.1. The van der Waals surface area contributed by atoms with Crippen molar-refractivity contribution >= 4 is 24.0 Å². The molecule has 1 amide bonds. The average molecular weight is 503 g/mol. The van der Waals surface area contributed by atoms with E-state index in [0.717, 1.165) is 11.6 Å². The van der Waals surface area contributed by atoms with Crippen molar-refractivity contribution in [1.29, 1.82) is 0 Å². The molecule has 0 unspecified atom stereocenters. The minimum atomic E-state index is -4.48. The summed E-state index contributed by atoms with van der Waals surface area (Å²) in [5.41, 5.74) is 1.12. The Morgan fingerprint density at radius 2 is 1.71 bits per heavy atom. The summed E-state index contributed by atoms with van der Waals surface area (Å²) in [7, 11) is 1.86. The van der Waals surface area contributed by atoms with Gasteiger partial charge in [-0.1, -0.05) is 24.3 Å². The Morgan fingerprint density at radius 1 is 0.971 bits per heavy atom. The second-order valence-electron chi connectivity index (χ2n) is 7.51. The SMILES string of the molecule is Cl.Cn1c(CNc2cccc(C(=O)NCc3ccccc3C(F)(F)F)c2)nnc1-c1ccncc1. The minimum Gasteiger partial charge on any atom is -0.378 e. The first-order valence-corrected chi connectivity index (χ1v) is 10.4. The summed E-state index contributed by atoms with van der Waals surface area (Å²) in [4.78, 5) is 16.6. The van der Waals surface area contributed by atoms with Gasteiger partial charge in [0.25, 0.3) is 5.91 Å². The summed E-state index contributed by atoms with van der Waals surface area (Å²) >= 11 is 0. The summed E-state index contributed by atoms with van der Waals surface area (Å²) in [5.74, 6) is 0.913. The van der Waals surface area contributed by atoms with Crippen LogP contribution in [-0.2, 0) is 26.3 Å². The zero-order valence-corrected chi connectivity index (χ0v) is 19.4. The first-order valence-electron chi connectivity index (χ1n) is 10.4. The Labute approximate surface area is 205 Å². The molecule has 7 nitrogen and oxygen atoms in total. The number of nitrogens with one attached hydrogen (secondary N) is 2. The number of halogens is 4. The Balaban J connectivity index is 0.00000342. The van der Waals surface area contributed by atoms with Crippen LogP contribution in [0.3, 0.4) is 0 Å². The van der Waals surface area contributed by atoms with Crippen molar-refractivity contribution < 1.29 is 18.0 Å². The Hall–Kier alpha value is -3.92. The molecule has 0 saturated carbocycles. The van der Waals surface area contributed by atoms with Crippen molar-refractivity contribution in [2.45, 2.75) is 19.3 Å². The van der Waals surface area contributed by atoms with E-state index in [2.05, 4.69) is 25.8 Å². The van der Waals surface area contributed by atoms with E-state index in [1.807, 2.05) is 23.7 Å². The van der Waals surface area contributed by atoms with Crippen LogP contribution >= 0.6 is 12.4 Å². The quantitative estimate of drug-likeness (QED) is 0.377. The van der Waals surface area contributed by atoms with E-state index < -0.39 is 17.6 Å². The molecule has 4 aromatic rings. The predicted molar refractivity (Wildman–Crippen MR) is 128 cm³/mol. The molecule has 0 aliphatic rings. The third kappa shape index (κ3) is 6.15. The molecule has 0 radical (unpaired) electrons. The van der Waals surface area contributed by atoms with Gasteiger partial charge in [-0.3, -0.25) is 9.78 Å². The van der Waals surface area contributed by atoms with Gasteiger partial charge in [0.15, 0.2) is 11.6 Å². The molecule has 35 heavy (non-hydrogen) atoms. The normalized spacial score (nSPS) is 11.0. The van der Waals surface area contributed by atoms with Crippen LogP contribution in [0.4, 0.5) is 18.9 Å². The van der Waals surface area contributed by atoms with Crippen molar-refractivity contribution in [3.05, 3.63) is 95.6 Å². The van der Waals surface area contributed by atoms with E-state index in [0.29, 0.717) is 29.4 Å². The van der Waals surface area contributed by atoms with Gasteiger partial charge in [0.05, 0.1) is 12.1 Å². The molecule has 11 heteroatoms. The third-order valence-corrected chi connectivity index (χ3v) is 5.24. The molecule has 2 heterocycles. The van der Waals surface area contributed by atoms with Crippen LogP contribution in [0.15, 0.2) is 73.1 Å². The predicted octanol–water partition coefficient (Wildman–Crippen LogP) is 4.86. The molecule has 4 rings (SSSR count). The molecule has 2 N–H and O–H groups in total. The van der Waals surface area contributed by atoms with E-state index in [4.69, 9.17) is 0 Å². The first-order chi connectivity index (χ1) is 16.3. The summed E-state index contributed by atoms with van der Waals surface area (Å²) in [5, 5.41) is 14.2. The highest BCUT2D eigenvalue weighted by atomic mass is 35.5. The van der Waals surface area contributed by atoms with Crippen LogP contribution in [0.5, 0.6) is 0 Å². The van der Waals surface area contributed by atoms with Gasteiger partial charge in [0, 0.05) is 42.8 Å². The molecule has 2 aromatic heterocycles. The van der Waals surface area contributed by atoms with E-state index >= 15 is 0 Å². The number of carbonyl (C=O) groups is 1. The van der Waals surface area contributed by atoms with E-state index in [1.165, 1.54) is 18.2 Å². The van der Waals surface area contributed by atoms with Gasteiger partial charge in [-0.05, 0) is 42.0 Å². The topological polar surface area (TPSA) is 84.7 Å². The summed E-state index contributed by atoms with van der Waals surface area (Å²) in [6.45, 7) is 0.126. The van der Waals surface area contributed by atoms with Crippen LogP contribution in [0.1, 0.15) is 27.3 Å². The van der Waals surface area contributed by atoms with Crippen LogP contribution in [0.25, 0.3) is 11.4 Å². The van der Waals surface area contributed by atoms with Gasteiger partial charge >= 0.3 is 6.18 Å². The molecular weight excluding hydrogens is 481 g/mol. The fourth-order valence-electron chi connectivity index (χ4n) is 3.45. The number of alkyl halides is 3. The molecule has 0 aliphatic heterocycles. The molecule has 0 spiro atoms. The number of amides is 1. The highest BCUT2D eigenvalue weighted by molar-refractivity contribution is 5.95. The van der Waals surface area contributed by atoms with E-state index in [1.54, 1.807) is 36.7 Å². The third-order valence-electron chi connectivity index (χ3n) is 5.24. The molecular formula is C24H22ClF3N6O. The van der Waals surface area contributed by atoms with Crippen molar-refractivity contribution in [2.24, 2.45) is 7.05 Å². The zero-order valence-electron chi connectivity index (χ0n) is 18.6. The standard InChI is InChI=1S/C24H21F3N6O.ClH/c1-33-21(31-32-22(33)16-9-11-28-12-10-16)15-29-19-7-4-6-17(13-19)23(34)30-14-18-5-2-3-8-20(18)24(25,26)27;/h2-13,29H,14-15H2,1H3,(H,30,34);1H. The Morgan fingerprint density at radius 3 is 2.46 bits per heavy atom. The monoisotopic (exact) mass is 502 g/mol. The molecule has 0 saturated heterocycles. The molecule has 0 bridgehead atoms. The minimum absolute atomic E-state index is 0. The van der Waals surface area contributed by atoms with E-state index in [-0.39, 0.29) is 24.5 Å². The van der Waals surface area contributed by atoms with Gasteiger partial charge < -0.3 is 15.2 Å². The van der Waals surface area contributed by atoms with Crippen LogP contribution in [0.2, 0.25) is 0 Å². The number of hydrogen-bond acceptors (Lipinski definition) is 5. The summed E-state index contributed by atoms with van der Waals surface area (Å²) in [6.07, 6.45) is -1.12. The van der Waals surface area contributed by atoms with Gasteiger partial charge in [-0.2, -0.15) is 13.2 Å². The maximum atomic E-state index is 13.2. The number of benzene rings is 2. The highest BCUT2D eigenvalue weighted by Gasteiger charge is 2.32. The lowest BCUT2D eigenvalue weighted by Crippen LogP contribution is -2.24. The van der Waals surface area contributed by atoms with Crippen LogP contribution in [0, 0.1) is 0 Å². The van der Waals surface area contributed by atoms with Crippen LogP contribution < -0.4 is 10.6 Å². The number of anilines is 1. The fourth-order valence-corrected chi connectivity index (χ4v) is 3.45. The summed E-state index contributed by atoms with van der Waals surface area (Å²) < 4.78 is 41.4. The molecule has 0 fully saturated rings. The molecule has 0 aliphatic carbocycles. The largest absolute Gasteiger partial charge is 0.416 e. The second kappa shape index (κ2) is 11.0. The van der Waals surface area contributed by atoms with Gasteiger partial charge in [0.1, 0.15) is 0 Å². The molecule has 0 atom stereocenters. The number of pyridine rings is 1. The number of hydrogen-bond donors (Lipinski definition) is 2. The Bertz CT molecular complexity index is 1290. The van der Waals surface area contributed by atoms with Gasteiger partial charge in [-0.25, -0.2) is 0 Å². The van der Waals surface area contributed by atoms with Crippen molar-refractivity contribution in [3.8, 4) is 11.4 Å². The smallest absolute Gasteiger partial charge is 0.378 e. The zero-order chi connectivity index (χ0) is 24.1. The number of rotatable bonds is 7. The number of aromatic nitrogens is 4. The van der Waals surface area contributed by atoms with Gasteiger partial charge in [-0.15, -0.1) is 22.6 Å². The fraction of sp³-hybridized carbons (Fsp3) is 0.167. The molecule has 2 aromatic carbocycles. The van der Waals surface area contributed by atoms with Crippen molar-refractivity contribution in [2.75, 3.05) is 5.32 Å². The highest BCUT2D eigenvalue weighted by Crippen LogP contribution is 2.31. The van der Waals surface area contributed by atoms with E-state index in [9.17, 15) is 18.0 Å². The Kier molecular flexibility index (Phi) is 8.08.